The van der Waals surface area contributed by atoms with E-state index < -0.39 is 6.10 Å². The molecule has 0 amide bonds. The lowest BCUT2D eigenvalue weighted by Gasteiger charge is -2.12. The molecule has 2 unspecified atom stereocenters. The molecule has 0 spiro atoms. The zero-order chi connectivity index (χ0) is 22.5. The predicted molar refractivity (Wildman–Crippen MR) is 131 cm³/mol. The topological polar surface area (TPSA) is 63.0 Å². The van der Waals surface area contributed by atoms with Gasteiger partial charge in [-0.15, -0.1) is 11.3 Å². The molecule has 0 aliphatic heterocycles. The third-order valence-corrected chi connectivity index (χ3v) is 7.00. The number of benzene rings is 1. The molecule has 6 heteroatoms. The van der Waals surface area contributed by atoms with E-state index in [-0.39, 0.29) is 5.92 Å². The molecule has 0 bridgehead atoms. The maximum absolute atomic E-state index is 10.3. The molecule has 4 rings (SSSR count). The number of fused-ring (bicyclic) bond motifs is 1. The van der Waals surface area contributed by atoms with Crippen molar-refractivity contribution >= 4 is 11.3 Å². The van der Waals surface area contributed by atoms with Crippen molar-refractivity contribution in [2.75, 3.05) is 13.1 Å². The number of nitrogens with one attached hydrogen (secondary N) is 1. The predicted octanol–water partition coefficient (Wildman–Crippen LogP) is 4.56. The Labute approximate surface area is 194 Å². The number of nitrogens with zero attached hydrogens (tertiary/aromatic N) is 3. The molecule has 1 aliphatic carbocycles. The fraction of sp³-hybridized carbons (Fsp3) is 0.385. The first-order chi connectivity index (χ1) is 15.5. The van der Waals surface area contributed by atoms with Crippen molar-refractivity contribution in [3.63, 3.8) is 0 Å². The van der Waals surface area contributed by atoms with Gasteiger partial charge in [0.2, 0.25) is 0 Å². The van der Waals surface area contributed by atoms with Crippen LogP contribution in [0, 0.1) is 13.8 Å². The molecule has 2 atom stereocenters. The molecule has 2 aromatic heterocycles. The summed E-state index contributed by atoms with van der Waals surface area (Å²) < 4.78 is 2.15. The molecule has 0 fully saturated rings. The lowest BCUT2D eigenvalue weighted by molar-refractivity contribution is 0.175. The summed E-state index contributed by atoms with van der Waals surface area (Å²) in [5, 5.41) is 14.8. The Balaban J connectivity index is 1.45. The average molecular weight is 449 g/mol. The van der Waals surface area contributed by atoms with Crippen molar-refractivity contribution in [3.05, 3.63) is 93.0 Å². The summed E-state index contributed by atoms with van der Waals surface area (Å²) in [7, 11) is 2.08. The Hall–Kier alpha value is -2.54. The average Bonchev–Trinajstić information content (AvgIpc) is 3.36. The number of aliphatic hydroxyl groups is 1. The smallest absolute Gasteiger partial charge is 0.117 e. The molecular weight excluding hydrogens is 416 g/mol. The molecule has 0 radical (unpaired) electrons. The van der Waals surface area contributed by atoms with Gasteiger partial charge >= 0.3 is 0 Å². The molecule has 2 N–H and O–H groups in total. The first-order valence-corrected chi connectivity index (χ1v) is 12.1. The van der Waals surface area contributed by atoms with Crippen molar-refractivity contribution in [1.82, 2.24) is 19.9 Å². The van der Waals surface area contributed by atoms with E-state index in [1.165, 1.54) is 16.1 Å². The highest BCUT2D eigenvalue weighted by atomic mass is 32.1. The maximum atomic E-state index is 10.3. The first-order valence-electron chi connectivity index (χ1n) is 11.3. The van der Waals surface area contributed by atoms with Crippen molar-refractivity contribution in [1.29, 1.82) is 0 Å². The second-order valence-electron chi connectivity index (χ2n) is 8.46. The standard InChI is InChI=1S/C26H32N4OS/c1-18-9-10-20(13-15-27-17-23(31)21-7-5-4-6-8-21)14-16-30(3)26(28-18)22-11-12-24-25(22)29-19(2)32-24/h4-10,14,16,22-23,27,31H,11-13,15,17H2,1-3H3. The van der Waals surface area contributed by atoms with E-state index in [4.69, 9.17) is 9.97 Å². The van der Waals surface area contributed by atoms with Crippen molar-refractivity contribution in [2.24, 2.45) is 7.05 Å². The van der Waals surface area contributed by atoms with E-state index in [1.807, 2.05) is 41.7 Å². The molecule has 32 heavy (non-hydrogen) atoms. The third-order valence-electron chi connectivity index (χ3n) is 5.95. The fourth-order valence-corrected chi connectivity index (χ4v) is 5.23. The van der Waals surface area contributed by atoms with Crippen LogP contribution in [0.2, 0.25) is 0 Å². The van der Waals surface area contributed by atoms with Crippen LogP contribution in [-0.2, 0) is 19.9 Å². The number of aromatic nitrogens is 3. The Morgan fingerprint density at radius 1 is 1.12 bits per heavy atom. The fourth-order valence-electron chi connectivity index (χ4n) is 4.22. The van der Waals surface area contributed by atoms with Crippen LogP contribution in [0.15, 0.2) is 54.7 Å². The molecule has 0 saturated heterocycles. The van der Waals surface area contributed by atoms with Gasteiger partial charge in [0.15, 0.2) is 0 Å². The zero-order valence-electron chi connectivity index (χ0n) is 19.1. The van der Waals surface area contributed by atoms with E-state index in [0.29, 0.717) is 6.54 Å². The highest BCUT2D eigenvalue weighted by Gasteiger charge is 2.29. The van der Waals surface area contributed by atoms with Crippen LogP contribution < -0.4 is 5.32 Å². The molecule has 2 heterocycles. The van der Waals surface area contributed by atoms with E-state index in [0.717, 1.165) is 47.9 Å². The summed E-state index contributed by atoms with van der Waals surface area (Å²) in [5.41, 5.74) is 4.39. The molecule has 5 nitrogen and oxygen atoms in total. The molecule has 3 aromatic rings. The second-order valence-corrected chi connectivity index (χ2v) is 9.75. The molecule has 1 aromatic carbocycles. The van der Waals surface area contributed by atoms with Gasteiger partial charge in [-0.25, -0.2) is 9.97 Å². The largest absolute Gasteiger partial charge is 0.387 e. The van der Waals surface area contributed by atoms with Crippen LogP contribution in [0.5, 0.6) is 0 Å². The third kappa shape index (κ3) is 5.44. The van der Waals surface area contributed by atoms with Crippen LogP contribution in [0.25, 0.3) is 0 Å². The lowest BCUT2D eigenvalue weighted by Crippen LogP contribution is -2.23. The van der Waals surface area contributed by atoms with Gasteiger partial charge in [-0.2, -0.15) is 0 Å². The summed E-state index contributed by atoms with van der Waals surface area (Å²) >= 11 is 1.82. The summed E-state index contributed by atoms with van der Waals surface area (Å²) in [6, 6.07) is 16.2. The number of hydrogen-bond acceptors (Lipinski definition) is 5. The van der Waals surface area contributed by atoms with Crippen LogP contribution in [0.3, 0.4) is 0 Å². The van der Waals surface area contributed by atoms with Gasteiger partial charge in [-0.1, -0.05) is 36.4 Å². The number of rotatable bonds is 7. The normalized spacial score (nSPS) is 15.9. The molecular formula is C26H32N4OS. The zero-order valence-corrected chi connectivity index (χ0v) is 19.9. The molecule has 0 saturated carbocycles. The van der Waals surface area contributed by atoms with Gasteiger partial charge in [0.05, 0.1) is 22.7 Å². The van der Waals surface area contributed by atoms with E-state index >= 15 is 0 Å². The summed E-state index contributed by atoms with van der Waals surface area (Å²) in [4.78, 5) is 11.2. The maximum Gasteiger partial charge on any atom is 0.117 e. The molecule has 1 aliphatic rings. The number of hydrogen-bond donors (Lipinski definition) is 2. The minimum Gasteiger partial charge on any atom is -0.387 e. The van der Waals surface area contributed by atoms with Gasteiger partial charge < -0.3 is 15.0 Å². The summed E-state index contributed by atoms with van der Waals surface area (Å²) in [5.74, 6) is 1.33. The Kier molecular flexibility index (Phi) is 7.35. The number of thiazole rings is 1. The SMILES string of the molecule is Cc1ccc(CCNCC(O)c2ccccc2)ccn(C)c(C2CCc3sc(C)nc32)n1. The second kappa shape index (κ2) is 10.4. The van der Waals surface area contributed by atoms with Crippen LogP contribution >= 0.6 is 11.3 Å². The Morgan fingerprint density at radius 3 is 2.75 bits per heavy atom. The van der Waals surface area contributed by atoms with Crippen LogP contribution in [0.1, 0.15) is 56.7 Å². The van der Waals surface area contributed by atoms with Gasteiger partial charge in [0.25, 0.3) is 0 Å². The monoisotopic (exact) mass is 448 g/mol. The number of aliphatic hydroxyl groups excluding tert-OH is 1. The minimum absolute atomic E-state index is 0.260. The number of aryl methyl sites for hydroxylation is 4. The van der Waals surface area contributed by atoms with Crippen molar-refractivity contribution in [3.8, 4) is 0 Å². The van der Waals surface area contributed by atoms with Crippen molar-refractivity contribution < 1.29 is 5.11 Å². The Bertz CT molecular complexity index is 1100. The van der Waals surface area contributed by atoms with Crippen LogP contribution in [0.4, 0.5) is 0 Å². The highest BCUT2D eigenvalue weighted by Crippen LogP contribution is 2.39. The summed E-state index contributed by atoms with van der Waals surface area (Å²) in [6.07, 6.45) is 4.68. The lowest BCUT2D eigenvalue weighted by atomic mass is 10.1. The Morgan fingerprint density at radius 2 is 1.94 bits per heavy atom. The first kappa shape index (κ1) is 22.6. The molecule has 168 valence electrons. The van der Waals surface area contributed by atoms with E-state index in [9.17, 15) is 5.11 Å². The van der Waals surface area contributed by atoms with Gasteiger partial charge in [-0.05, 0) is 62.9 Å². The highest BCUT2D eigenvalue weighted by molar-refractivity contribution is 7.11. The van der Waals surface area contributed by atoms with Gasteiger partial charge in [0, 0.05) is 30.4 Å². The van der Waals surface area contributed by atoms with E-state index in [2.05, 4.69) is 55.2 Å². The van der Waals surface area contributed by atoms with Gasteiger partial charge in [-0.3, -0.25) is 0 Å². The van der Waals surface area contributed by atoms with Crippen molar-refractivity contribution in [2.45, 2.75) is 45.1 Å². The van der Waals surface area contributed by atoms with Gasteiger partial charge in [0.1, 0.15) is 5.82 Å². The van der Waals surface area contributed by atoms with E-state index in [1.54, 1.807) is 0 Å². The summed E-state index contributed by atoms with van der Waals surface area (Å²) in [6.45, 7) is 5.49. The quantitative estimate of drug-likeness (QED) is 0.520. The van der Waals surface area contributed by atoms with Crippen LogP contribution in [-0.4, -0.2) is 32.7 Å². The minimum atomic E-state index is -0.490.